The van der Waals surface area contributed by atoms with Gasteiger partial charge in [0.2, 0.25) is 0 Å². The van der Waals surface area contributed by atoms with Crippen molar-refractivity contribution in [1.82, 2.24) is 25.3 Å². The highest BCUT2D eigenvalue weighted by molar-refractivity contribution is 5.94. The van der Waals surface area contributed by atoms with Crippen LogP contribution in [0, 0.1) is 6.92 Å². The van der Waals surface area contributed by atoms with Crippen molar-refractivity contribution in [2.45, 2.75) is 19.4 Å². The molecule has 0 saturated heterocycles. The Labute approximate surface area is 173 Å². The summed E-state index contributed by atoms with van der Waals surface area (Å²) >= 11 is 0. The molecular formula is C24H21N5O. The third-order valence-corrected chi connectivity index (χ3v) is 5.16. The highest BCUT2D eigenvalue weighted by Gasteiger charge is 2.21. The molecule has 0 aliphatic rings. The number of aromatic nitrogens is 4. The Balaban J connectivity index is 1.50. The van der Waals surface area contributed by atoms with Crippen LogP contribution in [-0.4, -0.2) is 25.8 Å². The summed E-state index contributed by atoms with van der Waals surface area (Å²) in [5, 5.41) is 3.14. The van der Waals surface area contributed by atoms with Gasteiger partial charge in [0.05, 0.1) is 28.1 Å². The molecule has 1 atom stereocenters. The van der Waals surface area contributed by atoms with Crippen molar-refractivity contribution in [2.75, 3.05) is 0 Å². The maximum atomic E-state index is 13.0. The molecule has 30 heavy (non-hydrogen) atoms. The van der Waals surface area contributed by atoms with Gasteiger partial charge in [-0.25, -0.2) is 9.97 Å². The van der Waals surface area contributed by atoms with Crippen molar-refractivity contribution < 1.29 is 4.79 Å². The van der Waals surface area contributed by atoms with E-state index in [2.05, 4.69) is 20.3 Å². The van der Waals surface area contributed by atoms with Crippen LogP contribution in [0.3, 0.4) is 0 Å². The average Bonchev–Trinajstić information content (AvgIpc) is 3.36. The van der Waals surface area contributed by atoms with Crippen molar-refractivity contribution in [1.29, 1.82) is 0 Å². The van der Waals surface area contributed by atoms with Gasteiger partial charge >= 0.3 is 0 Å². The lowest BCUT2D eigenvalue weighted by atomic mass is 10.1. The van der Waals surface area contributed by atoms with Crippen molar-refractivity contribution in [3.05, 3.63) is 95.6 Å². The zero-order valence-corrected chi connectivity index (χ0v) is 16.5. The maximum Gasteiger partial charge on any atom is 0.251 e. The van der Waals surface area contributed by atoms with Crippen LogP contribution in [0.1, 0.15) is 33.6 Å². The number of nitrogens with one attached hydrogen (secondary N) is 3. The first-order valence-corrected chi connectivity index (χ1v) is 9.91. The van der Waals surface area contributed by atoms with Crippen LogP contribution in [-0.2, 0) is 6.42 Å². The number of fused-ring (bicyclic) bond motifs is 2. The summed E-state index contributed by atoms with van der Waals surface area (Å²) in [6, 6.07) is 22.9. The Hall–Kier alpha value is -3.93. The predicted octanol–water partition coefficient (Wildman–Crippen LogP) is 4.46. The van der Waals surface area contributed by atoms with Gasteiger partial charge in [-0.2, -0.15) is 0 Å². The summed E-state index contributed by atoms with van der Waals surface area (Å²) in [4.78, 5) is 29.1. The highest BCUT2D eigenvalue weighted by Crippen LogP contribution is 2.21. The molecule has 1 unspecified atom stereocenters. The molecular weight excluding hydrogens is 374 g/mol. The summed E-state index contributed by atoms with van der Waals surface area (Å²) in [6.45, 7) is 1.97. The maximum absolute atomic E-state index is 13.0. The number of rotatable bonds is 5. The number of carbonyl (C=O) groups excluding carboxylic acids is 1. The van der Waals surface area contributed by atoms with E-state index in [0.29, 0.717) is 17.8 Å². The second-order valence-corrected chi connectivity index (χ2v) is 7.44. The molecule has 5 aromatic rings. The first-order chi connectivity index (χ1) is 14.7. The molecule has 5 rings (SSSR count). The number of hydrogen-bond donors (Lipinski definition) is 3. The minimum absolute atomic E-state index is 0.139. The molecule has 0 bridgehead atoms. The van der Waals surface area contributed by atoms with Crippen molar-refractivity contribution in [2.24, 2.45) is 0 Å². The van der Waals surface area contributed by atoms with Crippen LogP contribution >= 0.6 is 0 Å². The van der Waals surface area contributed by atoms with Crippen molar-refractivity contribution in [3.8, 4) is 0 Å². The third-order valence-electron chi connectivity index (χ3n) is 5.16. The van der Waals surface area contributed by atoms with E-state index < -0.39 is 0 Å². The summed E-state index contributed by atoms with van der Waals surface area (Å²) in [7, 11) is 0. The number of aryl methyl sites for hydroxylation is 1. The lowest BCUT2D eigenvalue weighted by Gasteiger charge is -2.16. The number of carbonyl (C=O) groups is 1. The fraction of sp³-hybridized carbons (Fsp3) is 0.125. The predicted molar refractivity (Wildman–Crippen MR) is 117 cm³/mol. The second-order valence-electron chi connectivity index (χ2n) is 7.44. The first-order valence-electron chi connectivity index (χ1n) is 9.91. The van der Waals surface area contributed by atoms with Gasteiger partial charge in [0.25, 0.3) is 5.91 Å². The number of nitrogens with zero attached hydrogens (tertiary/aromatic N) is 2. The number of benzene rings is 3. The van der Waals surface area contributed by atoms with E-state index in [1.54, 1.807) is 0 Å². The number of para-hydroxylation sites is 4. The van der Waals surface area contributed by atoms with E-state index in [1.165, 1.54) is 0 Å². The molecule has 148 valence electrons. The summed E-state index contributed by atoms with van der Waals surface area (Å²) in [6.07, 6.45) is 0.492. The Morgan fingerprint density at radius 2 is 1.60 bits per heavy atom. The number of imidazole rings is 2. The van der Waals surface area contributed by atoms with E-state index in [-0.39, 0.29) is 11.9 Å². The first kappa shape index (κ1) is 18.1. The molecule has 0 aliphatic heterocycles. The number of aromatic amines is 2. The van der Waals surface area contributed by atoms with Gasteiger partial charge in [0.15, 0.2) is 0 Å². The fourth-order valence-electron chi connectivity index (χ4n) is 3.68. The molecule has 0 fully saturated rings. The molecule has 3 N–H and O–H groups in total. The van der Waals surface area contributed by atoms with Crippen molar-refractivity contribution >= 4 is 28.0 Å². The van der Waals surface area contributed by atoms with E-state index in [4.69, 9.17) is 4.98 Å². The molecule has 0 spiro atoms. The Kier molecular flexibility index (Phi) is 4.52. The van der Waals surface area contributed by atoms with E-state index in [1.807, 2.05) is 79.7 Å². The molecule has 0 saturated carbocycles. The zero-order valence-electron chi connectivity index (χ0n) is 16.5. The SMILES string of the molecule is Cc1cccc(C(=O)NC(Cc2nc3ccccc3[nH]2)c2nc3ccccc3[nH]2)c1. The van der Waals surface area contributed by atoms with E-state index >= 15 is 0 Å². The van der Waals surface area contributed by atoms with E-state index in [9.17, 15) is 4.79 Å². The number of hydrogen-bond acceptors (Lipinski definition) is 3. The van der Waals surface area contributed by atoms with Crippen LogP contribution in [0.4, 0.5) is 0 Å². The van der Waals surface area contributed by atoms with Gasteiger partial charge in [-0.15, -0.1) is 0 Å². The Morgan fingerprint density at radius 3 is 2.30 bits per heavy atom. The summed E-state index contributed by atoms with van der Waals surface area (Å²) in [5.41, 5.74) is 5.35. The van der Waals surface area contributed by atoms with Crippen molar-refractivity contribution in [3.63, 3.8) is 0 Å². The van der Waals surface area contributed by atoms with Crippen LogP contribution in [0.25, 0.3) is 22.1 Å². The lowest BCUT2D eigenvalue weighted by molar-refractivity contribution is 0.0934. The van der Waals surface area contributed by atoms with Gasteiger partial charge in [0.1, 0.15) is 11.6 Å². The largest absolute Gasteiger partial charge is 0.342 e. The molecule has 1 amide bonds. The van der Waals surface area contributed by atoms with Crippen LogP contribution in [0.2, 0.25) is 0 Å². The van der Waals surface area contributed by atoms with Gasteiger partial charge < -0.3 is 15.3 Å². The lowest BCUT2D eigenvalue weighted by Crippen LogP contribution is -2.31. The summed E-state index contributed by atoms with van der Waals surface area (Å²) in [5.74, 6) is 1.36. The molecule has 0 aliphatic carbocycles. The monoisotopic (exact) mass is 395 g/mol. The molecule has 6 heteroatoms. The minimum atomic E-state index is -0.356. The normalized spacial score (nSPS) is 12.3. The smallest absolute Gasteiger partial charge is 0.251 e. The molecule has 6 nitrogen and oxygen atoms in total. The van der Waals surface area contributed by atoms with Gasteiger partial charge in [-0.05, 0) is 43.3 Å². The van der Waals surface area contributed by atoms with Gasteiger partial charge in [-0.1, -0.05) is 42.0 Å². The van der Waals surface area contributed by atoms with Gasteiger partial charge in [-0.3, -0.25) is 4.79 Å². The van der Waals surface area contributed by atoms with Crippen LogP contribution < -0.4 is 5.32 Å². The van der Waals surface area contributed by atoms with Crippen LogP contribution in [0.15, 0.2) is 72.8 Å². The standard InChI is InChI=1S/C24H21N5O/c1-15-7-6-8-16(13-15)24(30)29-21(23-27-19-11-4-5-12-20(19)28-23)14-22-25-17-9-2-3-10-18(17)26-22/h2-13,21H,14H2,1H3,(H,25,26)(H,27,28)(H,29,30). The molecule has 2 heterocycles. The zero-order chi connectivity index (χ0) is 20.5. The average molecular weight is 395 g/mol. The van der Waals surface area contributed by atoms with Gasteiger partial charge in [0, 0.05) is 12.0 Å². The quantitative estimate of drug-likeness (QED) is 0.411. The molecule has 3 aromatic carbocycles. The Morgan fingerprint density at radius 1 is 0.900 bits per heavy atom. The topological polar surface area (TPSA) is 86.5 Å². The summed E-state index contributed by atoms with van der Waals surface area (Å²) < 4.78 is 0. The Bertz CT molecular complexity index is 1280. The fourth-order valence-corrected chi connectivity index (χ4v) is 3.68. The number of amides is 1. The second kappa shape index (κ2) is 7.48. The third kappa shape index (κ3) is 3.55. The highest BCUT2D eigenvalue weighted by atomic mass is 16.1. The minimum Gasteiger partial charge on any atom is -0.342 e. The molecule has 0 radical (unpaired) electrons. The van der Waals surface area contributed by atoms with E-state index in [0.717, 1.165) is 33.5 Å². The number of H-pyrrole nitrogens is 2. The van der Waals surface area contributed by atoms with Crippen LogP contribution in [0.5, 0.6) is 0 Å². The molecule has 2 aromatic heterocycles.